The van der Waals surface area contributed by atoms with Crippen LogP contribution in [0.1, 0.15) is 101 Å². The molecule has 1 amide bonds. The molecule has 7 heteroatoms. The monoisotopic (exact) mass is 616 g/mol. The molecule has 8 aliphatic rings. The summed E-state index contributed by atoms with van der Waals surface area (Å²) in [5.74, 6) is 1.36. The molecule has 1 unspecified atom stereocenters. The Morgan fingerprint density at radius 1 is 0.911 bits per heavy atom. The highest BCUT2D eigenvalue weighted by Crippen LogP contribution is 2.78. The highest BCUT2D eigenvalue weighted by Gasteiger charge is 2.74. The van der Waals surface area contributed by atoms with E-state index in [4.69, 9.17) is 4.42 Å². The summed E-state index contributed by atoms with van der Waals surface area (Å²) in [6, 6.07) is 3.47. The summed E-state index contributed by atoms with van der Waals surface area (Å²) in [6.07, 6.45) is 20.1. The van der Waals surface area contributed by atoms with Crippen molar-refractivity contribution in [3.8, 4) is 0 Å². The molecule has 7 nitrogen and oxygen atoms in total. The molecular formula is C38H52N2O5. The summed E-state index contributed by atoms with van der Waals surface area (Å²) in [5, 5.41) is 23.7. The number of carbonyl (C=O) groups excluding carboxylic acids is 2. The van der Waals surface area contributed by atoms with Crippen LogP contribution in [0, 0.1) is 39.4 Å². The minimum atomic E-state index is -0.854. The van der Waals surface area contributed by atoms with Crippen molar-refractivity contribution in [1.29, 1.82) is 0 Å². The normalized spacial score (nSPS) is 44.7. The zero-order chi connectivity index (χ0) is 31.2. The van der Waals surface area contributed by atoms with Gasteiger partial charge in [-0.3, -0.25) is 14.5 Å². The molecule has 45 heavy (non-hydrogen) atoms. The lowest BCUT2D eigenvalue weighted by Crippen LogP contribution is -2.67. The van der Waals surface area contributed by atoms with E-state index in [9.17, 15) is 19.8 Å². The van der Waals surface area contributed by atoms with Gasteiger partial charge in [0.25, 0.3) is 5.91 Å². The number of piperazine rings is 1. The first-order valence-electron chi connectivity index (χ1n) is 18.0. The van der Waals surface area contributed by atoms with Crippen LogP contribution in [0.2, 0.25) is 0 Å². The van der Waals surface area contributed by atoms with Crippen molar-refractivity contribution >= 4 is 11.7 Å². The first-order chi connectivity index (χ1) is 21.6. The van der Waals surface area contributed by atoms with Gasteiger partial charge in [-0.2, -0.15) is 0 Å². The molecule has 7 aliphatic carbocycles. The zero-order valence-corrected chi connectivity index (χ0v) is 27.3. The summed E-state index contributed by atoms with van der Waals surface area (Å²) in [7, 11) is 0. The topological polar surface area (TPSA) is 94.2 Å². The third-order valence-corrected chi connectivity index (χ3v) is 14.8. The van der Waals surface area contributed by atoms with Crippen LogP contribution in [0.3, 0.4) is 0 Å². The van der Waals surface area contributed by atoms with Gasteiger partial charge in [-0.05, 0) is 87.2 Å². The van der Waals surface area contributed by atoms with Crippen LogP contribution >= 0.6 is 0 Å². The quantitative estimate of drug-likeness (QED) is 0.408. The fraction of sp³-hybridized carbons (Fsp3) is 0.737. The Kier molecular flexibility index (Phi) is 6.96. The minimum absolute atomic E-state index is 0.0101. The number of amides is 1. The van der Waals surface area contributed by atoms with Crippen molar-refractivity contribution in [1.82, 2.24) is 9.80 Å². The van der Waals surface area contributed by atoms with Gasteiger partial charge in [-0.1, -0.05) is 51.3 Å². The molecule has 5 fully saturated rings. The van der Waals surface area contributed by atoms with Gasteiger partial charge in [0.2, 0.25) is 0 Å². The first kappa shape index (κ1) is 30.1. The van der Waals surface area contributed by atoms with Crippen molar-refractivity contribution in [2.45, 2.75) is 103 Å². The van der Waals surface area contributed by atoms with Crippen molar-refractivity contribution in [2.75, 3.05) is 32.7 Å². The number of hydrogen-bond acceptors (Lipinski definition) is 6. The summed E-state index contributed by atoms with van der Waals surface area (Å²) in [4.78, 5) is 31.8. The van der Waals surface area contributed by atoms with E-state index >= 15 is 0 Å². The number of furan rings is 1. The molecule has 244 valence electrons. The van der Waals surface area contributed by atoms with E-state index < -0.39 is 5.60 Å². The second-order valence-corrected chi connectivity index (χ2v) is 16.6. The highest BCUT2D eigenvalue weighted by molar-refractivity contribution is 6.00. The second kappa shape index (κ2) is 10.4. The number of carbonyl (C=O) groups is 2. The number of nitrogens with zero attached hydrogens (tertiary/aromatic N) is 2. The number of rotatable bonds is 5. The van der Waals surface area contributed by atoms with Crippen LogP contribution in [0.15, 0.2) is 46.6 Å². The van der Waals surface area contributed by atoms with Gasteiger partial charge >= 0.3 is 0 Å². The van der Waals surface area contributed by atoms with Crippen LogP contribution < -0.4 is 0 Å². The molecule has 8 atom stereocenters. The van der Waals surface area contributed by atoms with Gasteiger partial charge in [0.05, 0.1) is 18.0 Å². The molecule has 4 saturated carbocycles. The van der Waals surface area contributed by atoms with Crippen LogP contribution in [0.4, 0.5) is 0 Å². The van der Waals surface area contributed by atoms with Gasteiger partial charge in [-0.15, -0.1) is 0 Å². The largest absolute Gasteiger partial charge is 0.459 e. The van der Waals surface area contributed by atoms with E-state index in [1.807, 2.05) is 4.90 Å². The Morgan fingerprint density at radius 2 is 1.62 bits per heavy atom. The van der Waals surface area contributed by atoms with Crippen LogP contribution in [0.25, 0.3) is 0 Å². The lowest BCUT2D eigenvalue weighted by atomic mass is 9.32. The Hall–Kier alpha value is -2.22. The van der Waals surface area contributed by atoms with Crippen molar-refractivity contribution in [3.63, 3.8) is 0 Å². The number of allylic oxidation sites excluding steroid dienone is 4. The molecule has 2 N–H and O–H groups in total. The molecule has 9 rings (SSSR count). The van der Waals surface area contributed by atoms with E-state index in [2.05, 4.69) is 37.0 Å². The highest BCUT2D eigenvalue weighted by atomic mass is 16.3. The molecule has 0 radical (unpaired) electrons. The maximum Gasteiger partial charge on any atom is 0.289 e. The minimum Gasteiger partial charge on any atom is -0.459 e. The van der Waals surface area contributed by atoms with Crippen molar-refractivity contribution < 1.29 is 24.2 Å². The second-order valence-electron chi connectivity index (χ2n) is 16.6. The van der Waals surface area contributed by atoms with Gasteiger partial charge in [0, 0.05) is 60.5 Å². The third kappa shape index (κ3) is 4.11. The molecule has 2 spiro atoms. The average molecular weight is 617 g/mol. The Morgan fingerprint density at radius 3 is 2.36 bits per heavy atom. The standard InChI is InChI=1S/C38H52N2O5/c1-34-13-10-27(41)23-36(34)16-17-38(28(24-36)32(42)26-7-4-3-5-8-26)30(34)11-14-35(2)31(38)12-15-37(35,44)25-39-18-20-40(21-19-39)33(43)29-9-6-22-45-29/h6,9,16-17,22,24,26-27,30-31,41,44H,3-5,7-8,10-15,18-21,23,25H2,1-2H3/t27?,30-,31-,34-,35+,36+,37-,38-/m1/s1. The Labute approximate surface area is 268 Å². The number of Topliss-reactive ketones (excluding diaryl/α,β-unsaturated/α-hetero) is 1. The van der Waals surface area contributed by atoms with Crippen molar-refractivity contribution in [2.24, 2.45) is 39.4 Å². The number of ketones is 1. The summed E-state index contributed by atoms with van der Waals surface area (Å²) < 4.78 is 5.36. The van der Waals surface area contributed by atoms with Crippen LogP contribution in [-0.2, 0) is 4.79 Å². The van der Waals surface area contributed by atoms with Gasteiger partial charge < -0.3 is 19.5 Å². The lowest BCUT2D eigenvalue weighted by molar-refractivity contribution is -0.180. The molecule has 1 aromatic rings. The molecule has 1 saturated heterocycles. The predicted molar refractivity (Wildman–Crippen MR) is 171 cm³/mol. The summed E-state index contributed by atoms with van der Waals surface area (Å²) >= 11 is 0. The maximum absolute atomic E-state index is 14.7. The molecule has 0 aromatic carbocycles. The fourth-order valence-electron chi connectivity index (χ4n) is 12.2. The third-order valence-electron chi connectivity index (χ3n) is 14.8. The van der Waals surface area contributed by atoms with Gasteiger partial charge in [0.15, 0.2) is 11.5 Å². The summed E-state index contributed by atoms with van der Waals surface area (Å²) in [5.41, 5.74) is -0.712. The number of fused-ring (bicyclic) bond motifs is 1. The Balaban J connectivity index is 1.10. The molecule has 1 aliphatic heterocycles. The lowest BCUT2D eigenvalue weighted by Gasteiger charge is -2.71. The fourth-order valence-corrected chi connectivity index (χ4v) is 12.2. The zero-order valence-electron chi connectivity index (χ0n) is 27.3. The molecular weight excluding hydrogens is 564 g/mol. The average Bonchev–Trinajstić information content (AvgIpc) is 3.68. The Bertz CT molecular complexity index is 1400. The van der Waals surface area contributed by atoms with E-state index in [0.717, 1.165) is 82.9 Å². The van der Waals surface area contributed by atoms with E-state index in [1.165, 1.54) is 6.42 Å². The first-order valence-corrected chi connectivity index (χ1v) is 18.0. The smallest absolute Gasteiger partial charge is 0.289 e. The van der Waals surface area contributed by atoms with Gasteiger partial charge in [0.1, 0.15) is 0 Å². The number of β-amino-alcohol motifs (C(OH)–C–C–N with tert-alkyl or cyclic N) is 1. The molecule has 2 heterocycles. The number of hydrogen-bond donors (Lipinski definition) is 2. The molecule has 1 aromatic heterocycles. The number of aliphatic hydroxyl groups excluding tert-OH is 1. The SMILES string of the molecule is C[C@]12CC[C@H]3[C@]4(C=C[C@@]5(C=C4C(=O)C4CCCCC4)CC(O)CC[C@]35C)[C@@H]1CC[C@@]2(O)CN1CCN(C(=O)c2ccco2)CC1. The van der Waals surface area contributed by atoms with E-state index in [0.29, 0.717) is 43.5 Å². The summed E-state index contributed by atoms with van der Waals surface area (Å²) in [6.45, 7) is 8.13. The van der Waals surface area contributed by atoms with Crippen LogP contribution in [0.5, 0.6) is 0 Å². The van der Waals surface area contributed by atoms with E-state index in [1.54, 1.807) is 18.4 Å². The predicted octanol–water partition coefficient (Wildman–Crippen LogP) is 5.78. The van der Waals surface area contributed by atoms with Gasteiger partial charge in [-0.25, -0.2) is 0 Å². The van der Waals surface area contributed by atoms with Crippen LogP contribution in [-0.4, -0.2) is 76.1 Å². The van der Waals surface area contributed by atoms with Crippen molar-refractivity contribution in [3.05, 3.63) is 48.0 Å². The number of aliphatic hydroxyl groups is 2. The molecule has 2 bridgehead atoms. The van der Waals surface area contributed by atoms with E-state index in [-0.39, 0.29) is 45.5 Å². The maximum atomic E-state index is 14.7.